The van der Waals surface area contributed by atoms with Crippen LogP contribution >= 0.6 is 23.2 Å². The van der Waals surface area contributed by atoms with Crippen LogP contribution in [0, 0.1) is 5.92 Å². The van der Waals surface area contributed by atoms with Gasteiger partial charge in [0.05, 0.1) is 23.4 Å². The molecule has 0 unspecified atom stereocenters. The van der Waals surface area contributed by atoms with Crippen LogP contribution in [0.3, 0.4) is 0 Å². The monoisotopic (exact) mass is 451 g/mol. The molecule has 0 radical (unpaired) electrons. The van der Waals surface area contributed by atoms with Crippen molar-refractivity contribution >= 4 is 41.2 Å². The molecule has 7 nitrogen and oxygen atoms in total. The highest BCUT2D eigenvalue weighted by molar-refractivity contribution is 6.42. The van der Waals surface area contributed by atoms with Crippen molar-refractivity contribution < 1.29 is 19.1 Å². The van der Waals surface area contributed by atoms with Crippen LogP contribution in [-0.2, 0) is 16.2 Å². The van der Waals surface area contributed by atoms with Crippen molar-refractivity contribution in [1.82, 2.24) is 10.7 Å². The molecule has 30 heavy (non-hydrogen) atoms. The number of methoxy groups -OCH3 is 1. The van der Waals surface area contributed by atoms with Gasteiger partial charge in [-0.05, 0) is 35.7 Å². The molecule has 2 rings (SSSR count). The molecule has 160 valence electrons. The van der Waals surface area contributed by atoms with Gasteiger partial charge in [0.1, 0.15) is 6.61 Å². The van der Waals surface area contributed by atoms with Gasteiger partial charge in [0.25, 0.3) is 0 Å². The molecule has 0 aliphatic carbocycles. The molecule has 0 atom stereocenters. The summed E-state index contributed by atoms with van der Waals surface area (Å²) in [6.07, 6.45) is 1.38. The second-order valence-corrected chi connectivity index (χ2v) is 7.53. The summed E-state index contributed by atoms with van der Waals surface area (Å²) in [4.78, 5) is 23.5. The number of rotatable bonds is 8. The van der Waals surface area contributed by atoms with Crippen molar-refractivity contribution in [2.24, 2.45) is 11.0 Å². The third kappa shape index (κ3) is 6.93. The lowest BCUT2D eigenvalue weighted by Crippen LogP contribution is -2.39. The Hall–Kier alpha value is -2.77. The molecule has 0 aliphatic rings. The maximum Gasteiger partial charge on any atom is 0.329 e. The Balaban J connectivity index is 2.08. The van der Waals surface area contributed by atoms with E-state index < -0.39 is 11.8 Å². The van der Waals surface area contributed by atoms with Crippen molar-refractivity contribution in [3.63, 3.8) is 0 Å². The highest BCUT2D eigenvalue weighted by Crippen LogP contribution is 2.31. The van der Waals surface area contributed by atoms with Crippen LogP contribution in [0.5, 0.6) is 11.5 Å². The topological polar surface area (TPSA) is 89.0 Å². The van der Waals surface area contributed by atoms with E-state index in [-0.39, 0.29) is 12.5 Å². The van der Waals surface area contributed by atoms with Gasteiger partial charge in [-0.15, -0.1) is 0 Å². The number of benzene rings is 2. The Kier molecular flexibility index (Phi) is 8.95. The number of nitrogens with one attached hydrogen (secondary N) is 2. The third-order valence-corrected chi connectivity index (χ3v) is 4.58. The van der Waals surface area contributed by atoms with Gasteiger partial charge in [0.2, 0.25) is 0 Å². The van der Waals surface area contributed by atoms with E-state index in [0.717, 1.165) is 5.56 Å². The summed E-state index contributed by atoms with van der Waals surface area (Å²) in [5.41, 5.74) is 3.56. The van der Waals surface area contributed by atoms with Crippen LogP contribution in [0.15, 0.2) is 41.5 Å². The fourth-order valence-electron chi connectivity index (χ4n) is 2.32. The van der Waals surface area contributed by atoms with E-state index >= 15 is 0 Å². The summed E-state index contributed by atoms with van der Waals surface area (Å²) in [6, 6.07) is 10.4. The van der Waals surface area contributed by atoms with E-state index in [9.17, 15) is 9.59 Å². The van der Waals surface area contributed by atoms with Crippen LogP contribution in [0.2, 0.25) is 10.0 Å². The van der Waals surface area contributed by atoms with Crippen molar-refractivity contribution in [2.45, 2.75) is 20.5 Å². The normalized spacial score (nSPS) is 10.9. The Morgan fingerprint density at radius 1 is 1.13 bits per heavy atom. The second kappa shape index (κ2) is 11.4. The average molecular weight is 452 g/mol. The predicted molar refractivity (Wildman–Crippen MR) is 117 cm³/mol. The maximum absolute atomic E-state index is 11.8. The minimum Gasteiger partial charge on any atom is -0.493 e. The van der Waals surface area contributed by atoms with Gasteiger partial charge < -0.3 is 14.8 Å². The van der Waals surface area contributed by atoms with Gasteiger partial charge in [-0.2, -0.15) is 5.10 Å². The van der Waals surface area contributed by atoms with Gasteiger partial charge in [-0.25, -0.2) is 5.43 Å². The van der Waals surface area contributed by atoms with Crippen LogP contribution in [0.1, 0.15) is 25.0 Å². The molecule has 2 amide bonds. The number of para-hydroxylation sites is 1. The minimum atomic E-state index is -0.854. The zero-order valence-corrected chi connectivity index (χ0v) is 18.4. The summed E-state index contributed by atoms with van der Waals surface area (Å²) in [5, 5.41) is 7.25. The first-order chi connectivity index (χ1) is 14.3. The molecule has 0 fully saturated rings. The first-order valence-electron chi connectivity index (χ1n) is 9.16. The smallest absolute Gasteiger partial charge is 0.329 e. The first kappa shape index (κ1) is 23.5. The first-order valence-corrected chi connectivity index (χ1v) is 9.92. The van der Waals surface area contributed by atoms with E-state index in [2.05, 4.69) is 15.8 Å². The van der Waals surface area contributed by atoms with Crippen LogP contribution in [0.4, 0.5) is 0 Å². The number of amides is 2. The summed E-state index contributed by atoms with van der Waals surface area (Å²) >= 11 is 12.0. The number of ether oxygens (including phenoxy) is 2. The van der Waals surface area contributed by atoms with Gasteiger partial charge in [-0.1, -0.05) is 49.2 Å². The minimum absolute atomic E-state index is 0.210. The Morgan fingerprint density at radius 3 is 2.57 bits per heavy atom. The van der Waals surface area contributed by atoms with E-state index in [1.54, 1.807) is 36.4 Å². The Bertz CT molecular complexity index is 932. The zero-order chi connectivity index (χ0) is 22.1. The SMILES string of the molecule is COc1cccc(/C=N\NC(=O)C(=O)NCC(C)C)c1OCc1ccc(Cl)c(Cl)c1. The molecule has 0 saturated carbocycles. The zero-order valence-electron chi connectivity index (χ0n) is 16.9. The van der Waals surface area contributed by atoms with E-state index in [1.165, 1.54) is 13.3 Å². The highest BCUT2D eigenvalue weighted by atomic mass is 35.5. The Labute approximate surface area is 185 Å². The van der Waals surface area contributed by atoms with E-state index in [0.29, 0.717) is 33.7 Å². The lowest BCUT2D eigenvalue weighted by Gasteiger charge is -2.13. The van der Waals surface area contributed by atoms with Crippen LogP contribution in [-0.4, -0.2) is 31.7 Å². The number of hydrazone groups is 1. The molecule has 0 spiro atoms. The standard InChI is InChI=1S/C21H23Cl2N3O4/c1-13(2)10-24-20(27)21(28)26-25-11-15-5-4-6-18(29-3)19(15)30-12-14-7-8-16(22)17(23)9-14/h4-9,11,13H,10,12H2,1-3H3,(H,24,27)(H,26,28)/b25-11-. The van der Waals surface area contributed by atoms with E-state index in [1.807, 2.05) is 13.8 Å². The summed E-state index contributed by atoms with van der Waals surface area (Å²) in [7, 11) is 1.52. The van der Waals surface area contributed by atoms with Crippen molar-refractivity contribution in [3.05, 3.63) is 57.6 Å². The van der Waals surface area contributed by atoms with E-state index in [4.69, 9.17) is 32.7 Å². The summed E-state index contributed by atoms with van der Waals surface area (Å²) < 4.78 is 11.3. The molecular formula is C21H23Cl2N3O4. The highest BCUT2D eigenvalue weighted by Gasteiger charge is 2.13. The number of nitrogens with zero attached hydrogens (tertiary/aromatic N) is 1. The van der Waals surface area contributed by atoms with Crippen molar-refractivity contribution in [1.29, 1.82) is 0 Å². The lowest BCUT2D eigenvalue weighted by molar-refractivity contribution is -0.139. The van der Waals surface area contributed by atoms with Gasteiger partial charge in [0.15, 0.2) is 11.5 Å². The molecular weight excluding hydrogens is 429 g/mol. The molecule has 0 saturated heterocycles. The van der Waals surface area contributed by atoms with Gasteiger partial charge in [0, 0.05) is 12.1 Å². The van der Waals surface area contributed by atoms with Crippen molar-refractivity contribution in [3.8, 4) is 11.5 Å². The third-order valence-electron chi connectivity index (χ3n) is 3.84. The van der Waals surface area contributed by atoms with Gasteiger partial charge in [-0.3, -0.25) is 9.59 Å². The average Bonchev–Trinajstić information content (AvgIpc) is 2.72. The molecule has 2 aromatic rings. The molecule has 2 N–H and O–H groups in total. The summed E-state index contributed by atoms with van der Waals surface area (Å²) in [5.74, 6) is -0.457. The quantitative estimate of drug-likeness (QED) is 0.362. The molecule has 2 aromatic carbocycles. The molecule has 0 heterocycles. The van der Waals surface area contributed by atoms with Crippen LogP contribution in [0.25, 0.3) is 0 Å². The Morgan fingerprint density at radius 2 is 1.90 bits per heavy atom. The number of halogens is 2. The molecule has 0 aliphatic heterocycles. The second-order valence-electron chi connectivity index (χ2n) is 6.72. The summed E-state index contributed by atoms with van der Waals surface area (Å²) in [6.45, 7) is 4.47. The maximum atomic E-state index is 11.8. The van der Waals surface area contributed by atoms with Gasteiger partial charge >= 0.3 is 11.8 Å². The number of carbonyl (C=O) groups excluding carboxylic acids is 2. The molecule has 0 aromatic heterocycles. The number of hydrogen-bond acceptors (Lipinski definition) is 5. The molecule has 0 bridgehead atoms. The predicted octanol–water partition coefficient (Wildman–Crippen LogP) is 3.80. The lowest BCUT2D eigenvalue weighted by atomic mass is 10.2. The fourth-order valence-corrected chi connectivity index (χ4v) is 2.64. The molecule has 9 heteroatoms. The van der Waals surface area contributed by atoms with Crippen molar-refractivity contribution in [2.75, 3.05) is 13.7 Å². The largest absolute Gasteiger partial charge is 0.493 e. The number of hydrogen-bond donors (Lipinski definition) is 2. The fraction of sp³-hybridized carbons (Fsp3) is 0.286. The van der Waals surface area contributed by atoms with Crippen LogP contribution < -0.4 is 20.2 Å². The number of carbonyl (C=O) groups is 2.